The van der Waals surface area contributed by atoms with Crippen molar-refractivity contribution in [2.45, 2.75) is 56.0 Å². The lowest BCUT2D eigenvalue weighted by atomic mass is 10.1. The number of halogens is 1. The molecule has 18 heteroatoms. The molecule has 0 aromatic carbocycles. The number of anilines is 2. The van der Waals surface area contributed by atoms with Gasteiger partial charge in [0.2, 0.25) is 0 Å². The van der Waals surface area contributed by atoms with E-state index in [9.17, 15) is 34.4 Å². The van der Waals surface area contributed by atoms with Gasteiger partial charge in [0.05, 0.1) is 19.4 Å². The van der Waals surface area contributed by atoms with Gasteiger partial charge in [-0.05, 0) is 6.92 Å². The minimum Gasteiger partial charge on any atom is -0.394 e. The largest absolute Gasteiger partial charge is 0.394 e. The van der Waals surface area contributed by atoms with Crippen LogP contribution in [0.25, 0.3) is 0 Å². The molecule has 10 N–H and O–H groups in total. The molecule has 2 aliphatic rings. The van der Waals surface area contributed by atoms with Gasteiger partial charge < -0.3 is 45.8 Å². The highest BCUT2D eigenvalue weighted by atomic mass is 19.1. The topological polar surface area (TPSA) is 268 Å². The van der Waals surface area contributed by atoms with Crippen LogP contribution in [0.2, 0.25) is 0 Å². The molecule has 2 aromatic rings. The fourth-order valence-electron chi connectivity index (χ4n) is 3.72. The summed E-state index contributed by atoms with van der Waals surface area (Å²) in [6.45, 7) is 0.559. The number of hydrogen-bond donors (Lipinski definition) is 9. The Morgan fingerprint density at radius 2 is 1.38 bits per heavy atom. The molecule has 0 aliphatic carbocycles. The monoisotopic (exact) mass is 534 g/mol. The van der Waals surface area contributed by atoms with Crippen molar-refractivity contribution in [3.63, 3.8) is 0 Å². The number of aliphatic hydroxyl groups excluding tert-OH is 6. The number of aromatic nitrogens is 4. The number of aryl methyl sites for hydroxylation is 1. The Hall–Kier alpha value is -3.07. The zero-order valence-electron chi connectivity index (χ0n) is 19.2. The maximum atomic E-state index is 13.2. The van der Waals surface area contributed by atoms with E-state index in [2.05, 4.69) is 9.97 Å². The SMILES string of the molecule is Cc1cn([C@@H]2O[C@H](CO)[C@H](O)C2O)c(=O)nc1NO.Nc1nc(=O)n([C@@H]2O[C@H](CO)[C@H](O)C2O)cc1F. The second-order valence-electron chi connectivity index (χ2n) is 8.20. The summed E-state index contributed by atoms with van der Waals surface area (Å²) in [6, 6.07) is 0. The maximum Gasteiger partial charge on any atom is 0.351 e. The van der Waals surface area contributed by atoms with Crippen LogP contribution in [0.1, 0.15) is 18.0 Å². The second kappa shape index (κ2) is 11.5. The molecule has 37 heavy (non-hydrogen) atoms. The summed E-state index contributed by atoms with van der Waals surface area (Å²) < 4.78 is 25.2. The van der Waals surface area contributed by atoms with Crippen LogP contribution in [0.4, 0.5) is 16.0 Å². The van der Waals surface area contributed by atoms with Gasteiger partial charge in [0.25, 0.3) is 0 Å². The van der Waals surface area contributed by atoms with Gasteiger partial charge in [-0.2, -0.15) is 9.97 Å². The Morgan fingerprint density at radius 3 is 1.81 bits per heavy atom. The molecule has 0 spiro atoms. The molecule has 2 saturated heterocycles. The van der Waals surface area contributed by atoms with Gasteiger partial charge in [-0.1, -0.05) is 0 Å². The molecule has 17 nitrogen and oxygen atoms in total. The van der Waals surface area contributed by atoms with E-state index in [1.54, 1.807) is 12.4 Å². The van der Waals surface area contributed by atoms with Crippen LogP contribution < -0.4 is 22.6 Å². The summed E-state index contributed by atoms with van der Waals surface area (Å²) in [5.74, 6) is -1.52. The highest BCUT2D eigenvalue weighted by Gasteiger charge is 2.45. The Kier molecular flexibility index (Phi) is 8.89. The summed E-state index contributed by atoms with van der Waals surface area (Å²) >= 11 is 0. The Bertz CT molecular complexity index is 1210. The molecule has 8 atom stereocenters. The number of aliphatic hydroxyl groups is 6. The van der Waals surface area contributed by atoms with Crippen molar-refractivity contribution in [1.29, 1.82) is 0 Å². The first kappa shape index (κ1) is 28.5. The lowest BCUT2D eigenvalue weighted by Crippen LogP contribution is -2.36. The maximum absolute atomic E-state index is 13.2. The highest BCUT2D eigenvalue weighted by molar-refractivity contribution is 5.38. The molecule has 4 rings (SSSR count). The summed E-state index contributed by atoms with van der Waals surface area (Å²) in [5.41, 5.74) is 5.64. The average molecular weight is 534 g/mol. The van der Waals surface area contributed by atoms with E-state index in [4.69, 9.17) is 30.6 Å². The third-order valence-corrected chi connectivity index (χ3v) is 5.76. The minimum absolute atomic E-state index is 0.00649. The van der Waals surface area contributed by atoms with Crippen LogP contribution in [-0.2, 0) is 9.47 Å². The first-order valence-electron chi connectivity index (χ1n) is 10.7. The summed E-state index contributed by atoms with van der Waals surface area (Å²) in [4.78, 5) is 30.0. The van der Waals surface area contributed by atoms with E-state index in [1.807, 2.05) is 0 Å². The number of nitrogen functional groups attached to an aromatic ring is 1. The Labute approximate surface area is 206 Å². The van der Waals surface area contributed by atoms with Crippen molar-refractivity contribution in [1.82, 2.24) is 19.1 Å². The summed E-state index contributed by atoms with van der Waals surface area (Å²) in [7, 11) is 0. The molecular weight excluding hydrogens is 507 g/mol. The van der Waals surface area contributed by atoms with E-state index in [1.165, 1.54) is 6.20 Å². The summed E-state index contributed by atoms with van der Waals surface area (Å²) in [6.07, 6.45) is -7.95. The molecule has 2 unspecified atom stereocenters. The van der Waals surface area contributed by atoms with Gasteiger partial charge in [-0.25, -0.2) is 14.0 Å². The molecule has 0 bridgehead atoms. The van der Waals surface area contributed by atoms with Gasteiger partial charge in [0.1, 0.15) is 36.6 Å². The van der Waals surface area contributed by atoms with Gasteiger partial charge in [0, 0.05) is 11.8 Å². The van der Waals surface area contributed by atoms with Crippen molar-refractivity contribution < 1.29 is 49.7 Å². The predicted octanol–water partition coefficient (Wildman–Crippen LogP) is -4.46. The normalized spacial score (nSPS) is 31.2. The van der Waals surface area contributed by atoms with Gasteiger partial charge in [0.15, 0.2) is 29.9 Å². The van der Waals surface area contributed by atoms with Crippen molar-refractivity contribution in [2.24, 2.45) is 0 Å². The smallest absolute Gasteiger partial charge is 0.351 e. The number of nitrogens with two attached hydrogens (primary N) is 1. The number of nitrogens with one attached hydrogen (secondary N) is 1. The predicted molar refractivity (Wildman–Crippen MR) is 118 cm³/mol. The van der Waals surface area contributed by atoms with E-state index in [0.29, 0.717) is 10.1 Å². The number of hydrogen-bond acceptors (Lipinski definition) is 15. The molecular formula is C19H27FN6O11. The Morgan fingerprint density at radius 1 is 0.919 bits per heavy atom. The fraction of sp³-hybridized carbons (Fsp3) is 0.579. The molecule has 2 fully saturated rings. The quantitative estimate of drug-likeness (QED) is 0.164. The standard InChI is InChI=1S/C10H15N3O6.C9H12FN3O5/c1-4-2-13(10(17)11-8(4)12-18)9-7(16)6(15)5(3-14)19-9;10-3-1-13(9(17)12-7(3)11)8-6(16)5(15)4(2-14)18-8/h2,5-7,9,14-16,18H,3H2,1H3,(H,11,12,17);1,4-6,8,14-16H,2H2,(H2,11,12,17)/t5-,6+,7?,9-;4-,5+,6?,8-/m11/s1. The van der Waals surface area contributed by atoms with Crippen LogP contribution in [-0.4, -0.2) is 105 Å². The van der Waals surface area contributed by atoms with E-state index in [0.717, 1.165) is 10.8 Å². The van der Waals surface area contributed by atoms with Gasteiger partial charge in [-0.3, -0.25) is 19.8 Å². The molecule has 0 radical (unpaired) electrons. The van der Waals surface area contributed by atoms with Crippen LogP contribution in [0, 0.1) is 12.7 Å². The van der Waals surface area contributed by atoms with E-state index in [-0.39, 0.29) is 5.82 Å². The van der Waals surface area contributed by atoms with E-state index >= 15 is 0 Å². The molecule has 206 valence electrons. The molecule has 2 aromatic heterocycles. The minimum atomic E-state index is -1.48. The van der Waals surface area contributed by atoms with Crippen molar-refractivity contribution in [2.75, 3.05) is 24.4 Å². The molecule has 0 amide bonds. The van der Waals surface area contributed by atoms with Crippen LogP contribution in [0.15, 0.2) is 22.0 Å². The van der Waals surface area contributed by atoms with Crippen LogP contribution >= 0.6 is 0 Å². The second-order valence-corrected chi connectivity index (χ2v) is 8.20. The van der Waals surface area contributed by atoms with Gasteiger partial charge >= 0.3 is 11.4 Å². The zero-order chi connectivity index (χ0) is 27.6. The molecule has 4 heterocycles. The third kappa shape index (κ3) is 5.61. The first-order valence-corrected chi connectivity index (χ1v) is 10.7. The van der Waals surface area contributed by atoms with Gasteiger partial charge in [-0.15, -0.1) is 0 Å². The molecule has 0 saturated carbocycles. The third-order valence-electron chi connectivity index (χ3n) is 5.76. The lowest BCUT2D eigenvalue weighted by Gasteiger charge is -2.18. The van der Waals surface area contributed by atoms with Crippen LogP contribution in [0.3, 0.4) is 0 Å². The summed E-state index contributed by atoms with van der Waals surface area (Å²) in [5, 5.41) is 65.3. The lowest BCUT2D eigenvalue weighted by molar-refractivity contribution is -0.0553. The van der Waals surface area contributed by atoms with Crippen LogP contribution in [0.5, 0.6) is 0 Å². The number of ether oxygens (including phenoxy) is 2. The number of rotatable bonds is 5. The number of nitrogens with zero attached hydrogens (tertiary/aromatic N) is 4. The fourth-order valence-corrected chi connectivity index (χ4v) is 3.72. The van der Waals surface area contributed by atoms with Crippen molar-refractivity contribution in [3.05, 3.63) is 44.7 Å². The zero-order valence-corrected chi connectivity index (χ0v) is 19.2. The Balaban J connectivity index is 0.000000206. The van der Waals surface area contributed by atoms with E-state index < -0.39 is 85.3 Å². The average Bonchev–Trinajstić information content (AvgIpc) is 3.32. The first-order chi connectivity index (χ1) is 17.4. The molecule has 2 aliphatic heterocycles. The highest BCUT2D eigenvalue weighted by Crippen LogP contribution is 2.29. The van der Waals surface area contributed by atoms with Crippen molar-refractivity contribution in [3.8, 4) is 0 Å². The van der Waals surface area contributed by atoms with Crippen molar-refractivity contribution >= 4 is 11.6 Å².